The van der Waals surface area contributed by atoms with Crippen LogP contribution in [-0.2, 0) is 25.0 Å². The molecule has 2 aromatic rings. The number of nitrogens with two attached hydrogens (primary N) is 1. The third-order valence-electron chi connectivity index (χ3n) is 5.65. The van der Waals surface area contributed by atoms with Gasteiger partial charge in [-0.15, -0.1) is 11.3 Å². The molecule has 24 heavy (non-hydrogen) atoms. The Morgan fingerprint density at radius 2 is 2.00 bits per heavy atom. The molecule has 2 aliphatic rings. The van der Waals surface area contributed by atoms with Crippen LogP contribution in [0, 0.1) is 5.92 Å². The molecule has 2 N–H and O–H groups in total. The molecule has 1 aromatic heterocycles. The van der Waals surface area contributed by atoms with E-state index in [4.69, 9.17) is 10.7 Å². The first-order valence-electron chi connectivity index (χ1n) is 9.17. The standard InChI is InChI=1S/C20H27N3S/c1-15-7-10-20(21,11-8-15)19-22-17-9-12-23(14-18(17)24-19)13-16-5-3-2-4-6-16/h2-6,15H,7-14,21H2,1H3. The summed E-state index contributed by atoms with van der Waals surface area (Å²) in [6.45, 7) is 5.49. The quantitative estimate of drug-likeness (QED) is 0.915. The topological polar surface area (TPSA) is 42.1 Å². The smallest absolute Gasteiger partial charge is 0.113 e. The molecule has 1 fully saturated rings. The molecule has 0 bridgehead atoms. The lowest BCUT2D eigenvalue weighted by molar-refractivity contribution is 0.243. The van der Waals surface area contributed by atoms with Crippen LogP contribution in [0.4, 0.5) is 0 Å². The maximum absolute atomic E-state index is 6.75. The third-order valence-corrected chi connectivity index (χ3v) is 6.95. The average Bonchev–Trinajstić information content (AvgIpc) is 3.03. The molecule has 0 atom stereocenters. The van der Waals surface area contributed by atoms with Crippen LogP contribution in [0.1, 0.15) is 53.7 Å². The van der Waals surface area contributed by atoms with Crippen LogP contribution < -0.4 is 5.73 Å². The van der Waals surface area contributed by atoms with Crippen molar-refractivity contribution < 1.29 is 0 Å². The SMILES string of the molecule is CC1CCC(N)(c2nc3c(s2)CN(Cc2ccccc2)CC3)CC1. The highest BCUT2D eigenvalue weighted by Gasteiger charge is 2.36. The second-order valence-corrected chi connectivity index (χ2v) is 8.76. The molecule has 2 heterocycles. The Bertz CT molecular complexity index is 686. The van der Waals surface area contributed by atoms with Gasteiger partial charge in [0.2, 0.25) is 0 Å². The molecule has 0 saturated heterocycles. The predicted molar refractivity (Wildman–Crippen MR) is 99.9 cm³/mol. The summed E-state index contributed by atoms with van der Waals surface area (Å²) < 4.78 is 0. The summed E-state index contributed by atoms with van der Waals surface area (Å²) in [6.07, 6.45) is 5.72. The van der Waals surface area contributed by atoms with Gasteiger partial charge in [0.25, 0.3) is 0 Å². The molecule has 1 aliphatic heterocycles. The fourth-order valence-corrected chi connectivity index (χ4v) is 5.24. The van der Waals surface area contributed by atoms with Crippen molar-refractivity contribution in [2.75, 3.05) is 6.54 Å². The summed E-state index contributed by atoms with van der Waals surface area (Å²) >= 11 is 1.88. The Morgan fingerprint density at radius 1 is 1.25 bits per heavy atom. The van der Waals surface area contributed by atoms with E-state index in [9.17, 15) is 0 Å². The lowest BCUT2D eigenvalue weighted by atomic mass is 9.78. The fourth-order valence-electron chi connectivity index (χ4n) is 3.93. The first-order valence-corrected chi connectivity index (χ1v) is 9.98. The molecule has 1 aromatic carbocycles. The molecular formula is C20H27N3S. The molecule has 4 heteroatoms. The molecular weight excluding hydrogens is 314 g/mol. The number of hydrogen-bond donors (Lipinski definition) is 1. The van der Waals surface area contributed by atoms with E-state index < -0.39 is 0 Å². The van der Waals surface area contributed by atoms with Gasteiger partial charge in [-0.3, -0.25) is 4.90 Å². The van der Waals surface area contributed by atoms with Crippen molar-refractivity contribution in [1.29, 1.82) is 0 Å². The van der Waals surface area contributed by atoms with Crippen LogP contribution in [0.25, 0.3) is 0 Å². The van der Waals surface area contributed by atoms with Gasteiger partial charge in [-0.2, -0.15) is 0 Å². The van der Waals surface area contributed by atoms with Crippen LogP contribution in [0.5, 0.6) is 0 Å². The number of hydrogen-bond acceptors (Lipinski definition) is 4. The molecule has 0 radical (unpaired) electrons. The van der Waals surface area contributed by atoms with E-state index in [0.717, 1.165) is 44.8 Å². The first kappa shape index (κ1) is 16.2. The largest absolute Gasteiger partial charge is 0.319 e. The summed E-state index contributed by atoms with van der Waals surface area (Å²) in [5, 5.41) is 1.20. The predicted octanol–water partition coefficient (Wildman–Crippen LogP) is 4.07. The molecule has 3 nitrogen and oxygen atoms in total. The highest BCUT2D eigenvalue weighted by molar-refractivity contribution is 7.11. The molecule has 4 rings (SSSR count). The zero-order chi connectivity index (χ0) is 16.6. The highest BCUT2D eigenvalue weighted by Crippen LogP contribution is 2.40. The number of thiazole rings is 1. The molecule has 1 aliphatic carbocycles. The van der Waals surface area contributed by atoms with E-state index in [1.54, 1.807) is 0 Å². The maximum Gasteiger partial charge on any atom is 0.113 e. The minimum Gasteiger partial charge on any atom is -0.319 e. The molecule has 0 unspecified atom stereocenters. The van der Waals surface area contributed by atoms with Gasteiger partial charge in [-0.1, -0.05) is 37.3 Å². The number of benzene rings is 1. The van der Waals surface area contributed by atoms with Crippen LogP contribution in [0.15, 0.2) is 30.3 Å². The average molecular weight is 342 g/mol. The number of fused-ring (bicyclic) bond motifs is 1. The minimum atomic E-state index is -0.168. The minimum absolute atomic E-state index is 0.168. The van der Waals surface area contributed by atoms with E-state index in [0.29, 0.717) is 0 Å². The summed E-state index contributed by atoms with van der Waals surface area (Å²) in [5.41, 5.74) is 9.28. The van der Waals surface area contributed by atoms with Crippen molar-refractivity contribution in [2.45, 2.75) is 57.7 Å². The van der Waals surface area contributed by atoms with Crippen molar-refractivity contribution in [1.82, 2.24) is 9.88 Å². The van der Waals surface area contributed by atoms with Gasteiger partial charge in [0, 0.05) is 30.9 Å². The second kappa shape index (κ2) is 6.58. The summed E-state index contributed by atoms with van der Waals surface area (Å²) in [5.74, 6) is 0.817. The van der Waals surface area contributed by atoms with Gasteiger partial charge in [-0.25, -0.2) is 4.98 Å². The number of rotatable bonds is 3. The number of aromatic nitrogens is 1. The summed E-state index contributed by atoms with van der Waals surface area (Å²) in [4.78, 5) is 8.95. The molecule has 128 valence electrons. The van der Waals surface area contributed by atoms with Gasteiger partial charge >= 0.3 is 0 Å². The Hall–Kier alpha value is -1.23. The molecule has 0 amide bonds. The van der Waals surface area contributed by atoms with Gasteiger partial charge in [-0.05, 0) is 37.2 Å². The monoisotopic (exact) mass is 341 g/mol. The van der Waals surface area contributed by atoms with E-state index in [1.807, 2.05) is 11.3 Å². The van der Waals surface area contributed by atoms with E-state index >= 15 is 0 Å². The normalized spacial score (nSPS) is 27.8. The Morgan fingerprint density at radius 3 is 2.75 bits per heavy atom. The molecule has 0 spiro atoms. The van der Waals surface area contributed by atoms with E-state index in [-0.39, 0.29) is 5.54 Å². The van der Waals surface area contributed by atoms with Crippen molar-refractivity contribution in [3.8, 4) is 0 Å². The van der Waals surface area contributed by atoms with Gasteiger partial charge in [0.1, 0.15) is 5.01 Å². The van der Waals surface area contributed by atoms with Crippen LogP contribution in [0.3, 0.4) is 0 Å². The van der Waals surface area contributed by atoms with Crippen LogP contribution in [-0.4, -0.2) is 16.4 Å². The van der Waals surface area contributed by atoms with Gasteiger partial charge in [0.15, 0.2) is 0 Å². The zero-order valence-corrected chi connectivity index (χ0v) is 15.3. The maximum atomic E-state index is 6.75. The number of nitrogens with zero attached hydrogens (tertiary/aromatic N) is 2. The van der Waals surface area contributed by atoms with E-state index in [2.05, 4.69) is 42.2 Å². The van der Waals surface area contributed by atoms with Crippen molar-refractivity contribution >= 4 is 11.3 Å². The summed E-state index contributed by atoms with van der Waals surface area (Å²) in [7, 11) is 0. The lowest BCUT2D eigenvalue weighted by Gasteiger charge is -2.34. The van der Waals surface area contributed by atoms with Crippen molar-refractivity contribution in [3.05, 3.63) is 51.5 Å². The second-order valence-electron chi connectivity index (χ2n) is 7.67. The van der Waals surface area contributed by atoms with E-state index in [1.165, 1.54) is 34.0 Å². The Kier molecular flexibility index (Phi) is 4.46. The van der Waals surface area contributed by atoms with Crippen LogP contribution in [0.2, 0.25) is 0 Å². The van der Waals surface area contributed by atoms with Gasteiger partial charge in [0.05, 0.1) is 11.2 Å². The highest BCUT2D eigenvalue weighted by atomic mass is 32.1. The lowest BCUT2D eigenvalue weighted by Crippen LogP contribution is -2.40. The van der Waals surface area contributed by atoms with Crippen molar-refractivity contribution in [2.24, 2.45) is 11.7 Å². The Balaban J connectivity index is 1.48. The summed E-state index contributed by atoms with van der Waals surface area (Å²) in [6, 6.07) is 10.8. The van der Waals surface area contributed by atoms with Gasteiger partial charge < -0.3 is 5.73 Å². The first-order chi connectivity index (χ1) is 11.6. The third kappa shape index (κ3) is 3.28. The van der Waals surface area contributed by atoms with Crippen molar-refractivity contribution in [3.63, 3.8) is 0 Å². The fraction of sp³-hybridized carbons (Fsp3) is 0.550. The molecule has 1 saturated carbocycles. The zero-order valence-electron chi connectivity index (χ0n) is 14.5. The Labute approximate surface area is 148 Å². The van der Waals surface area contributed by atoms with Crippen LogP contribution >= 0.6 is 11.3 Å².